The molecule has 74 valence electrons. The van der Waals surface area contributed by atoms with Gasteiger partial charge in [0.1, 0.15) is 11.8 Å². The molecule has 2 heterocycles. The van der Waals surface area contributed by atoms with Crippen molar-refractivity contribution >= 4 is 0 Å². The molecule has 15 heavy (non-hydrogen) atoms. The first-order chi connectivity index (χ1) is 7.33. The molecule has 0 atom stereocenters. The second-order valence-electron chi connectivity index (χ2n) is 2.91. The van der Waals surface area contributed by atoms with E-state index in [1.54, 1.807) is 18.3 Å². The van der Waals surface area contributed by atoms with Crippen molar-refractivity contribution in [3.8, 4) is 17.5 Å². The molecule has 0 N–H and O–H groups in total. The molecule has 0 radical (unpaired) electrons. The molecule has 0 spiro atoms. The van der Waals surface area contributed by atoms with Crippen molar-refractivity contribution in [1.29, 1.82) is 5.26 Å². The smallest absolute Gasteiger partial charge is 0.258 e. The molecule has 0 unspecified atom stereocenters. The van der Waals surface area contributed by atoms with E-state index in [1.165, 1.54) is 0 Å². The lowest BCUT2D eigenvalue weighted by atomic mass is 10.2. The minimum Gasteiger partial charge on any atom is -0.334 e. The molecule has 0 saturated heterocycles. The number of aryl methyl sites for hydroxylation is 1. The van der Waals surface area contributed by atoms with E-state index in [4.69, 9.17) is 9.78 Å². The third kappa shape index (κ3) is 1.83. The predicted molar refractivity (Wildman–Crippen MR) is 51.6 cm³/mol. The van der Waals surface area contributed by atoms with Gasteiger partial charge in [0.15, 0.2) is 5.82 Å². The van der Waals surface area contributed by atoms with Crippen LogP contribution >= 0.6 is 0 Å². The van der Waals surface area contributed by atoms with Gasteiger partial charge >= 0.3 is 0 Å². The van der Waals surface area contributed by atoms with Crippen LogP contribution in [0.4, 0.5) is 0 Å². The first-order valence-corrected chi connectivity index (χ1v) is 4.52. The largest absolute Gasteiger partial charge is 0.334 e. The summed E-state index contributed by atoms with van der Waals surface area (Å²) in [5, 5.41) is 12.5. The molecular weight excluding hydrogens is 192 g/mol. The summed E-state index contributed by atoms with van der Waals surface area (Å²) >= 11 is 0. The SMILES string of the molecule is CCc1noc(-c2ccnc(C#N)c2)n1. The molecule has 2 aromatic rings. The van der Waals surface area contributed by atoms with E-state index in [0.717, 1.165) is 6.42 Å². The Kier molecular flexibility index (Phi) is 2.42. The lowest BCUT2D eigenvalue weighted by Crippen LogP contribution is -1.85. The number of nitriles is 1. The van der Waals surface area contributed by atoms with Gasteiger partial charge in [0, 0.05) is 18.2 Å². The number of pyridine rings is 1. The summed E-state index contributed by atoms with van der Waals surface area (Å²) in [5.74, 6) is 1.08. The fourth-order valence-corrected chi connectivity index (χ4v) is 1.14. The quantitative estimate of drug-likeness (QED) is 0.735. The molecule has 0 fully saturated rings. The fourth-order valence-electron chi connectivity index (χ4n) is 1.14. The molecule has 0 aliphatic heterocycles. The topological polar surface area (TPSA) is 75.6 Å². The summed E-state index contributed by atoms with van der Waals surface area (Å²) in [4.78, 5) is 8.02. The van der Waals surface area contributed by atoms with E-state index < -0.39 is 0 Å². The maximum absolute atomic E-state index is 8.68. The number of nitrogens with zero attached hydrogens (tertiary/aromatic N) is 4. The molecule has 5 heteroatoms. The zero-order valence-corrected chi connectivity index (χ0v) is 8.14. The Hall–Kier alpha value is -2.22. The van der Waals surface area contributed by atoms with Crippen LogP contribution in [0, 0.1) is 11.3 Å². The highest BCUT2D eigenvalue weighted by Gasteiger charge is 2.07. The molecular formula is C10H8N4O. The van der Waals surface area contributed by atoms with Gasteiger partial charge in [0.25, 0.3) is 5.89 Å². The first-order valence-electron chi connectivity index (χ1n) is 4.52. The molecule has 0 aliphatic rings. The summed E-state index contributed by atoms with van der Waals surface area (Å²) < 4.78 is 5.04. The Morgan fingerprint density at radius 1 is 1.53 bits per heavy atom. The third-order valence-electron chi connectivity index (χ3n) is 1.91. The summed E-state index contributed by atoms with van der Waals surface area (Å²) in [5.41, 5.74) is 1.05. The van der Waals surface area contributed by atoms with E-state index in [1.807, 2.05) is 13.0 Å². The molecule has 0 saturated carbocycles. The van der Waals surface area contributed by atoms with Crippen molar-refractivity contribution in [2.45, 2.75) is 13.3 Å². The highest BCUT2D eigenvalue weighted by molar-refractivity contribution is 5.53. The molecule has 5 nitrogen and oxygen atoms in total. The van der Waals surface area contributed by atoms with Gasteiger partial charge < -0.3 is 4.52 Å². The Morgan fingerprint density at radius 2 is 2.40 bits per heavy atom. The molecule has 2 rings (SSSR count). The highest BCUT2D eigenvalue weighted by atomic mass is 16.5. The van der Waals surface area contributed by atoms with Gasteiger partial charge in [-0.2, -0.15) is 10.2 Å². The zero-order chi connectivity index (χ0) is 10.7. The van der Waals surface area contributed by atoms with Crippen LogP contribution in [0.5, 0.6) is 0 Å². The van der Waals surface area contributed by atoms with Crippen LogP contribution in [0.25, 0.3) is 11.5 Å². The Balaban J connectivity index is 2.41. The van der Waals surface area contributed by atoms with Crippen LogP contribution < -0.4 is 0 Å². The summed E-state index contributed by atoms with van der Waals surface area (Å²) in [7, 11) is 0. The van der Waals surface area contributed by atoms with Crippen molar-refractivity contribution in [2.24, 2.45) is 0 Å². The van der Waals surface area contributed by atoms with Gasteiger partial charge in [-0.05, 0) is 12.1 Å². The van der Waals surface area contributed by atoms with E-state index in [2.05, 4.69) is 15.1 Å². The molecule has 0 bridgehead atoms. The average Bonchev–Trinajstić information content (AvgIpc) is 2.78. The second kappa shape index (κ2) is 3.88. The van der Waals surface area contributed by atoms with E-state index >= 15 is 0 Å². The first kappa shape index (κ1) is 9.34. The molecule has 2 aromatic heterocycles. The Morgan fingerprint density at radius 3 is 3.07 bits per heavy atom. The maximum atomic E-state index is 8.68. The van der Waals surface area contributed by atoms with Crippen LogP contribution in [0.3, 0.4) is 0 Å². The fraction of sp³-hybridized carbons (Fsp3) is 0.200. The zero-order valence-electron chi connectivity index (χ0n) is 8.14. The van der Waals surface area contributed by atoms with Crippen LogP contribution in [-0.2, 0) is 6.42 Å². The van der Waals surface area contributed by atoms with Crippen molar-refractivity contribution in [1.82, 2.24) is 15.1 Å². The monoisotopic (exact) mass is 200 g/mol. The van der Waals surface area contributed by atoms with Crippen LogP contribution in [0.2, 0.25) is 0 Å². The predicted octanol–water partition coefficient (Wildman–Crippen LogP) is 1.57. The minimum absolute atomic E-state index is 0.337. The highest BCUT2D eigenvalue weighted by Crippen LogP contribution is 2.16. The van der Waals surface area contributed by atoms with E-state index in [9.17, 15) is 0 Å². The van der Waals surface area contributed by atoms with Crippen molar-refractivity contribution < 1.29 is 4.52 Å². The van der Waals surface area contributed by atoms with Gasteiger partial charge in [0.05, 0.1) is 0 Å². The molecule has 0 aromatic carbocycles. The van der Waals surface area contributed by atoms with Crippen molar-refractivity contribution in [3.63, 3.8) is 0 Å². The summed E-state index contributed by atoms with van der Waals surface area (Å²) in [6.07, 6.45) is 2.27. The Labute approximate surface area is 86.4 Å². The van der Waals surface area contributed by atoms with Crippen LogP contribution in [0.15, 0.2) is 22.9 Å². The van der Waals surface area contributed by atoms with Crippen LogP contribution in [-0.4, -0.2) is 15.1 Å². The van der Waals surface area contributed by atoms with E-state index in [0.29, 0.717) is 23.0 Å². The minimum atomic E-state index is 0.337. The van der Waals surface area contributed by atoms with Crippen molar-refractivity contribution in [2.75, 3.05) is 0 Å². The summed E-state index contributed by atoms with van der Waals surface area (Å²) in [6, 6.07) is 5.30. The van der Waals surface area contributed by atoms with Crippen molar-refractivity contribution in [3.05, 3.63) is 29.8 Å². The van der Waals surface area contributed by atoms with Gasteiger partial charge in [-0.25, -0.2) is 4.98 Å². The van der Waals surface area contributed by atoms with Crippen LogP contribution in [0.1, 0.15) is 18.4 Å². The van der Waals surface area contributed by atoms with Gasteiger partial charge in [-0.1, -0.05) is 12.1 Å². The number of hydrogen-bond donors (Lipinski definition) is 0. The lowest BCUT2D eigenvalue weighted by molar-refractivity contribution is 0.423. The standard InChI is InChI=1S/C10H8N4O/c1-2-9-13-10(15-14-9)7-3-4-12-8(5-7)6-11/h3-5H,2H2,1H3. The molecule has 0 amide bonds. The van der Waals surface area contributed by atoms with E-state index in [-0.39, 0.29) is 0 Å². The number of rotatable bonds is 2. The maximum Gasteiger partial charge on any atom is 0.258 e. The second-order valence-corrected chi connectivity index (χ2v) is 2.91. The average molecular weight is 200 g/mol. The Bertz CT molecular complexity index is 512. The van der Waals surface area contributed by atoms with Gasteiger partial charge in [-0.15, -0.1) is 0 Å². The number of aromatic nitrogens is 3. The summed E-state index contributed by atoms with van der Waals surface area (Å²) in [6.45, 7) is 1.95. The normalized spacial score (nSPS) is 9.87. The van der Waals surface area contributed by atoms with Gasteiger partial charge in [-0.3, -0.25) is 0 Å². The van der Waals surface area contributed by atoms with Gasteiger partial charge in [0.2, 0.25) is 0 Å². The number of hydrogen-bond acceptors (Lipinski definition) is 5. The lowest BCUT2D eigenvalue weighted by Gasteiger charge is -1.92. The molecule has 0 aliphatic carbocycles. The third-order valence-corrected chi connectivity index (χ3v) is 1.91.